The van der Waals surface area contributed by atoms with Crippen molar-refractivity contribution in [1.29, 1.82) is 0 Å². The molecule has 1 rings (SSSR count). The summed E-state index contributed by atoms with van der Waals surface area (Å²) in [6.45, 7) is 2.02. The number of ether oxygens (including phenoxy) is 2. The summed E-state index contributed by atoms with van der Waals surface area (Å²) in [5.74, 6) is -0.546. The molecule has 1 atom stereocenters. The summed E-state index contributed by atoms with van der Waals surface area (Å²) >= 11 is 3.17. The van der Waals surface area contributed by atoms with Gasteiger partial charge in [-0.15, -0.1) is 0 Å². The molecule has 0 N–H and O–H groups in total. The topological polar surface area (TPSA) is 35.5 Å². The highest BCUT2D eigenvalue weighted by molar-refractivity contribution is 9.10. The fourth-order valence-corrected chi connectivity index (χ4v) is 1.95. The van der Waals surface area contributed by atoms with Crippen molar-refractivity contribution in [2.75, 3.05) is 7.11 Å². The number of halogens is 2. The van der Waals surface area contributed by atoms with Crippen LogP contribution in [0.1, 0.15) is 26.2 Å². The normalized spacial score (nSPS) is 12.0. The van der Waals surface area contributed by atoms with Crippen molar-refractivity contribution in [3.8, 4) is 5.75 Å². The zero-order valence-corrected chi connectivity index (χ0v) is 12.0. The zero-order valence-electron chi connectivity index (χ0n) is 10.4. The molecule has 1 aromatic carbocycles. The van der Waals surface area contributed by atoms with E-state index in [-0.39, 0.29) is 0 Å². The molecule has 0 saturated heterocycles. The molecule has 0 aromatic heterocycles. The highest BCUT2D eigenvalue weighted by Crippen LogP contribution is 2.22. The lowest BCUT2D eigenvalue weighted by molar-refractivity contribution is -0.149. The number of hydrogen-bond acceptors (Lipinski definition) is 3. The smallest absolute Gasteiger partial charge is 0.347 e. The van der Waals surface area contributed by atoms with Crippen molar-refractivity contribution in [2.24, 2.45) is 0 Å². The molecule has 0 bridgehead atoms. The summed E-state index contributed by atoms with van der Waals surface area (Å²) in [4.78, 5) is 11.5. The van der Waals surface area contributed by atoms with Gasteiger partial charge < -0.3 is 9.47 Å². The van der Waals surface area contributed by atoms with Crippen LogP contribution >= 0.6 is 15.9 Å². The van der Waals surface area contributed by atoms with Crippen LogP contribution in [0.2, 0.25) is 0 Å². The molecule has 1 unspecified atom stereocenters. The molecule has 0 saturated carbocycles. The highest BCUT2D eigenvalue weighted by atomic mass is 79.9. The third kappa shape index (κ3) is 4.64. The maximum absolute atomic E-state index is 13.2. The van der Waals surface area contributed by atoms with Gasteiger partial charge in [-0.05, 0) is 25.0 Å². The van der Waals surface area contributed by atoms with Crippen LogP contribution in [0.5, 0.6) is 5.75 Å². The zero-order chi connectivity index (χ0) is 13.5. The minimum atomic E-state index is -0.691. The number of hydrogen-bond donors (Lipinski definition) is 0. The largest absolute Gasteiger partial charge is 0.479 e. The van der Waals surface area contributed by atoms with Gasteiger partial charge in [0.25, 0.3) is 0 Å². The van der Waals surface area contributed by atoms with Gasteiger partial charge in [0.1, 0.15) is 11.6 Å². The molecule has 5 heteroatoms. The van der Waals surface area contributed by atoms with Crippen LogP contribution in [-0.2, 0) is 9.53 Å². The molecule has 0 radical (unpaired) electrons. The van der Waals surface area contributed by atoms with Gasteiger partial charge in [-0.3, -0.25) is 0 Å². The average Bonchev–Trinajstić information content (AvgIpc) is 2.32. The molecule has 100 valence electrons. The molecular formula is C13H16BrFO3. The van der Waals surface area contributed by atoms with Crippen LogP contribution < -0.4 is 4.74 Å². The van der Waals surface area contributed by atoms with Gasteiger partial charge in [-0.2, -0.15) is 0 Å². The van der Waals surface area contributed by atoms with E-state index in [9.17, 15) is 9.18 Å². The SMILES string of the molecule is CCCCC(Oc1cc(F)cc(Br)c1)C(=O)OC. The monoisotopic (exact) mass is 318 g/mol. The van der Waals surface area contributed by atoms with Crippen molar-refractivity contribution >= 4 is 21.9 Å². The molecule has 1 aromatic rings. The first-order valence-electron chi connectivity index (χ1n) is 5.77. The first kappa shape index (κ1) is 15.0. The molecule has 0 spiro atoms. The number of carbonyl (C=O) groups is 1. The summed E-state index contributed by atoms with van der Waals surface area (Å²) in [6, 6.07) is 4.18. The predicted molar refractivity (Wildman–Crippen MR) is 70.1 cm³/mol. The quantitative estimate of drug-likeness (QED) is 0.750. The van der Waals surface area contributed by atoms with Crippen LogP contribution in [0, 0.1) is 5.82 Å². The standard InChI is InChI=1S/C13H16BrFO3/c1-3-4-5-12(13(16)17-2)18-11-7-9(14)6-10(15)8-11/h6-8,12H,3-5H2,1-2H3. The molecule has 0 aliphatic carbocycles. The van der Waals surface area contributed by atoms with Crippen LogP contribution in [0.15, 0.2) is 22.7 Å². The number of unbranched alkanes of at least 4 members (excludes halogenated alkanes) is 1. The van der Waals surface area contributed by atoms with Gasteiger partial charge >= 0.3 is 5.97 Å². The molecule has 18 heavy (non-hydrogen) atoms. The molecule has 0 fully saturated rings. The molecular weight excluding hydrogens is 303 g/mol. The van der Waals surface area contributed by atoms with Gasteiger partial charge in [0.2, 0.25) is 0 Å². The maximum atomic E-state index is 13.2. The third-order valence-electron chi connectivity index (χ3n) is 2.40. The van der Waals surface area contributed by atoms with Crippen molar-refractivity contribution in [2.45, 2.75) is 32.3 Å². The summed E-state index contributed by atoms with van der Waals surface area (Å²) in [6.07, 6.45) is 1.65. The molecule has 0 heterocycles. The van der Waals surface area contributed by atoms with Crippen molar-refractivity contribution in [3.63, 3.8) is 0 Å². The van der Waals surface area contributed by atoms with Crippen molar-refractivity contribution in [1.82, 2.24) is 0 Å². The highest BCUT2D eigenvalue weighted by Gasteiger charge is 2.20. The van der Waals surface area contributed by atoms with E-state index in [0.29, 0.717) is 16.6 Å². The first-order valence-corrected chi connectivity index (χ1v) is 6.56. The van der Waals surface area contributed by atoms with Crippen molar-refractivity contribution in [3.05, 3.63) is 28.5 Å². The van der Waals surface area contributed by atoms with E-state index in [0.717, 1.165) is 12.8 Å². The number of methoxy groups -OCH3 is 1. The second-order valence-electron chi connectivity index (χ2n) is 3.88. The Morgan fingerprint density at radius 3 is 2.72 bits per heavy atom. The third-order valence-corrected chi connectivity index (χ3v) is 2.86. The summed E-state index contributed by atoms with van der Waals surface area (Å²) in [5.41, 5.74) is 0. The van der Waals surface area contributed by atoms with E-state index in [4.69, 9.17) is 4.74 Å². The predicted octanol–water partition coefficient (Wildman–Crippen LogP) is 3.70. The van der Waals surface area contributed by atoms with Crippen LogP contribution in [0.3, 0.4) is 0 Å². The van der Waals surface area contributed by atoms with E-state index >= 15 is 0 Å². The van der Waals surface area contributed by atoms with Gasteiger partial charge in [0.15, 0.2) is 6.10 Å². The summed E-state index contributed by atoms with van der Waals surface area (Å²) in [5, 5.41) is 0. The van der Waals surface area contributed by atoms with Crippen LogP contribution in [0.25, 0.3) is 0 Å². The lowest BCUT2D eigenvalue weighted by atomic mass is 10.1. The second-order valence-corrected chi connectivity index (χ2v) is 4.79. The van der Waals surface area contributed by atoms with Gasteiger partial charge in [0.05, 0.1) is 7.11 Å². The number of rotatable bonds is 6. The fourth-order valence-electron chi connectivity index (χ4n) is 1.51. The number of carbonyl (C=O) groups excluding carboxylic acids is 1. The Kier molecular flexibility index (Phi) is 6.12. The van der Waals surface area contributed by atoms with E-state index in [2.05, 4.69) is 20.7 Å². The lowest BCUT2D eigenvalue weighted by Gasteiger charge is -2.16. The van der Waals surface area contributed by atoms with Gasteiger partial charge in [-0.25, -0.2) is 9.18 Å². The van der Waals surface area contributed by atoms with E-state index in [1.165, 1.54) is 19.2 Å². The Morgan fingerprint density at radius 1 is 1.44 bits per heavy atom. The minimum absolute atomic E-state index is 0.313. The second kappa shape index (κ2) is 7.36. The van der Waals surface area contributed by atoms with Gasteiger partial charge in [-0.1, -0.05) is 29.3 Å². The number of benzene rings is 1. The Labute approximate surface area is 114 Å². The molecule has 0 aliphatic rings. The molecule has 0 aliphatic heterocycles. The molecule has 0 amide bonds. The van der Waals surface area contributed by atoms with E-state index < -0.39 is 17.9 Å². The first-order chi connectivity index (χ1) is 8.56. The van der Waals surface area contributed by atoms with E-state index in [1.807, 2.05) is 6.92 Å². The maximum Gasteiger partial charge on any atom is 0.347 e. The Morgan fingerprint density at radius 2 is 2.17 bits per heavy atom. The number of esters is 1. The van der Waals surface area contributed by atoms with Crippen LogP contribution in [0.4, 0.5) is 4.39 Å². The Balaban J connectivity index is 2.78. The molecule has 3 nitrogen and oxygen atoms in total. The average molecular weight is 319 g/mol. The van der Waals surface area contributed by atoms with Crippen LogP contribution in [-0.4, -0.2) is 19.2 Å². The van der Waals surface area contributed by atoms with Gasteiger partial charge in [0, 0.05) is 10.5 Å². The van der Waals surface area contributed by atoms with Crippen molar-refractivity contribution < 1.29 is 18.7 Å². The lowest BCUT2D eigenvalue weighted by Crippen LogP contribution is -2.28. The minimum Gasteiger partial charge on any atom is -0.479 e. The summed E-state index contributed by atoms with van der Waals surface area (Å²) < 4.78 is 23.9. The summed E-state index contributed by atoms with van der Waals surface area (Å²) in [7, 11) is 1.31. The fraction of sp³-hybridized carbons (Fsp3) is 0.462. The Bertz CT molecular complexity index is 389. The van der Waals surface area contributed by atoms with E-state index in [1.54, 1.807) is 6.07 Å². The Hall–Kier alpha value is -1.10.